The van der Waals surface area contributed by atoms with Gasteiger partial charge in [0.1, 0.15) is 5.82 Å². The van der Waals surface area contributed by atoms with Gasteiger partial charge in [0.25, 0.3) is 0 Å². The fourth-order valence-corrected chi connectivity index (χ4v) is 1.42. The van der Waals surface area contributed by atoms with E-state index in [9.17, 15) is 0 Å². The van der Waals surface area contributed by atoms with Crippen LogP contribution in [0.1, 0.15) is 20.8 Å². The number of rotatable bonds is 6. The first-order valence-electron chi connectivity index (χ1n) is 5.56. The average molecular weight is 239 g/mol. The van der Waals surface area contributed by atoms with E-state index in [-0.39, 0.29) is 4.75 Å². The molecule has 3 nitrogen and oxygen atoms in total. The number of pyridine rings is 1. The van der Waals surface area contributed by atoms with Gasteiger partial charge in [0.15, 0.2) is 0 Å². The molecule has 0 spiro atoms. The molecule has 0 radical (unpaired) electrons. The zero-order valence-electron chi connectivity index (χ0n) is 10.5. The van der Waals surface area contributed by atoms with E-state index in [0.29, 0.717) is 0 Å². The van der Waals surface area contributed by atoms with Crippen LogP contribution in [-0.2, 0) is 0 Å². The van der Waals surface area contributed by atoms with Crippen LogP contribution >= 0.6 is 11.8 Å². The van der Waals surface area contributed by atoms with Gasteiger partial charge in [0.2, 0.25) is 0 Å². The SMILES string of the molecule is CCNc1cc(NCC(C)(C)SC)ccn1. The van der Waals surface area contributed by atoms with Crippen molar-refractivity contribution in [2.45, 2.75) is 25.5 Å². The van der Waals surface area contributed by atoms with Crippen molar-refractivity contribution in [3.8, 4) is 0 Å². The molecule has 0 atom stereocenters. The van der Waals surface area contributed by atoms with Crippen LogP contribution in [0.4, 0.5) is 11.5 Å². The average Bonchev–Trinajstić information content (AvgIpc) is 2.28. The maximum atomic E-state index is 4.24. The molecule has 0 unspecified atom stereocenters. The summed E-state index contributed by atoms with van der Waals surface area (Å²) in [5.41, 5.74) is 1.12. The van der Waals surface area contributed by atoms with Crippen LogP contribution in [0.5, 0.6) is 0 Å². The molecule has 2 N–H and O–H groups in total. The molecule has 1 heterocycles. The summed E-state index contributed by atoms with van der Waals surface area (Å²) < 4.78 is 0.252. The van der Waals surface area contributed by atoms with Crippen molar-refractivity contribution in [3.05, 3.63) is 18.3 Å². The predicted molar refractivity (Wildman–Crippen MR) is 74.5 cm³/mol. The second-order valence-electron chi connectivity index (χ2n) is 4.28. The van der Waals surface area contributed by atoms with Gasteiger partial charge in [-0.3, -0.25) is 0 Å². The lowest BCUT2D eigenvalue weighted by Gasteiger charge is -2.23. The minimum Gasteiger partial charge on any atom is -0.384 e. The normalized spacial score (nSPS) is 11.2. The third-order valence-corrected chi connectivity index (χ3v) is 3.64. The molecule has 90 valence electrons. The van der Waals surface area contributed by atoms with E-state index in [1.807, 2.05) is 30.1 Å². The Hall–Kier alpha value is -0.900. The molecule has 4 heteroatoms. The van der Waals surface area contributed by atoms with Gasteiger partial charge in [0.05, 0.1) is 0 Å². The first-order valence-corrected chi connectivity index (χ1v) is 6.79. The van der Waals surface area contributed by atoms with Gasteiger partial charge >= 0.3 is 0 Å². The zero-order valence-corrected chi connectivity index (χ0v) is 11.3. The van der Waals surface area contributed by atoms with Crippen molar-refractivity contribution in [2.24, 2.45) is 0 Å². The third-order valence-electron chi connectivity index (χ3n) is 2.39. The second kappa shape index (κ2) is 5.99. The second-order valence-corrected chi connectivity index (χ2v) is 5.79. The summed E-state index contributed by atoms with van der Waals surface area (Å²) in [6.07, 6.45) is 3.96. The summed E-state index contributed by atoms with van der Waals surface area (Å²) in [6, 6.07) is 4.04. The Bertz CT molecular complexity index is 326. The van der Waals surface area contributed by atoms with Gasteiger partial charge in [-0.2, -0.15) is 11.8 Å². The molecule has 0 saturated heterocycles. The van der Waals surface area contributed by atoms with E-state index < -0.39 is 0 Å². The lowest BCUT2D eigenvalue weighted by Crippen LogP contribution is -2.25. The molecule has 0 fully saturated rings. The van der Waals surface area contributed by atoms with Gasteiger partial charge in [-0.15, -0.1) is 0 Å². The van der Waals surface area contributed by atoms with E-state index in [2.05, 4.69) is 42.6 Å². The predicted octanol–water partition coefficient (Wildman–Crippen LogP) is 3.07. The van der Waals surface area contributed by atoms with Crippen molar-refractivity contribution in [1.82, 2.24) is 4.98 Å². The van der Waals surface area contributed by atoms with Crippen LogP contribution in [0.15, 0.2) is 18.3 Å². The van der Waals surface area contributed by atoms with Crippen molar-refractivity contribution < 1.29 is 0 Å². The van der Waals surface area contributed by atoms with Crippen LogP contribution in [0.25, 0.3) is 0 Å². The van der Waals surface area contributed by atoms with Gasteiger partial charge in [-0.1, -0.05) is 0 Å². The molecule has 1 rings (SSSR count). The van der Waals surface area contributed by atoms with E-state index in [0.717, 1.165) is 24.6 Å². The lowest BCUT2D eigenvalue weighted by molar-refractivity contribution is 0.752. The highest BCUT2D eigenvalue weighted by Gasteiger charge is 2.15. The van der Waals surface area contributed by atoms with Crippen LogP contribution in [0, 0.1) is 0 Å². The standard InChI is InChI=1S/C12H21N3S/c1-5-13-11-8-10(6-7-14-11)15-9-12(2,3)16-4/h6-8H,5,9H2,1-4H3,(H2,13,14,15). The highest BCUT2D eigenvalue weighted by atomic mass is 32.2. The van der Waals surface area contributed by atoms with E-state index in [4.69, 9.17) is 0 Å². The zero-order chi connectivity index (χ0) is 12.0. The Kier molecular flexibility index (Phi) is 4.93. The molecular formula is C12H21N3S. The summed E-state index contributed by atoms with van der Waals surface area (Å²) in [5.74, 6) is 0.925. The van der Waals surface area contributed by atoms with E-state index in [1.54, 1.807) is 0 Å². The Morgan fingerprint density at radius 3 is 2.75 bits per heavy atom. The molecule has 0 aliphatic carbocycles. The molecule has 16 heavy (non-hydrogen) atoms. The molecule has 0 saturated carbocycles. The molecule has 1 aromatic rings. The topological polar surface area (TPSA) is 37.0 Å². The first kappa shape index (κ1) is 13.2. The molecule has 1 aromatic heterocycles. The van der Waals surface area contributed by atoms with Gasteiger partial charge in [-0.25, -0.2) is 4.98 Å². The molecule has 0 aliphatic heterocycles. The highest BCUT2D eigenvalue weighted by Crippen LogP contribution is 2.22. The number of aromatic nitrogens is 1. The van der Waals surface area contributed by atoms with Crippen molar-refractivity contribution >= 4 is 23.3 Å². The number of anilines is 2. The highest BCUT2D eigenvalue weighted by molar-refractivity contribution is 7.99. The summed E-state index contributed by atoms with van der Waals surface area (Å²) in [6.45, 7) is 8.38. The van der Waals surface area contributed by atoms with Crippen LogP contribution < -0.4 is 10.6 Å². The van der Waals surface area contributed by atoms with Crippen LogP contribution in [0.2, 0.25) is 0 Å². The van der Waals surface area contributed by atoms with Gasteiger partial charge in [0, 0.05) is 35.8 Å². The quantitative estimate of drug-likeness (QED) is 0.800. The van der Waals surface area contributed by atoms with Crippen LogP contribution in [-0.4, -0.2) is 29.1 Å². The third kappa shape index (κ3) is 4.31. The summed E-state index contributed by atoms with van der Waals surface area (Å²) >= 11 is 1.87. The fraction of sp³-hybridized carbons (Fsp3) is 0.583. The smallest absolute Gasteiger partial charge is 0.127 e. The molecule has 0 amide bonds. The maximum absolute atomic E-state index is 4.24. The summed E-state index contributed by atoms with van der Waals surface area (Å²) in [5, 5.41) is 6.64. The number of hydrogen-bond donors (Lipinski definition) is 2. The number of thioether (sulfide) groups is 1. The first-order chi connectivity index (χ1) is 7.57. The molecular weight excluding hydrogens is 218 g/mol. The van der Waals surface area contributed by atoms with E-state index >= 15 is 0 Å². The minimum atomic E-state index is 0.252. The number of hydrogen-bond acceptors (Lipinski definition) is 4. The van der Waals surface area contributed by atoms with E-state index in [1.165, 1.54) is 0 Å². The van der Waals surface area contributed by atoms with Crippen molar-refractivity contribution in [2.75, 3.05) is 30.0 Å². The maximum Gasteiger partial charge on any atom is 0.127 e. The monoisotopic (exact) mass is 239 g/mol. The van der Waals surface area contributed by atoms with Crippen molar-refractivity contribution in [3.63, 3.8) is 0 Å². The van der Waals surface area contributed by atoms with Gasteiger partial charge < -0.3 is 10.6 Å². The lowest BCUT2D eigenvalue weighted by atomic mass is 10.2. The largest absolute Gasteiger partial charge is 0.384 e. The van der Waals surface area contributed by atoms with Crippen molar-refractivity contribution in [1.29, 1.82) is 0 Å². The van der Waals surface area contributed by atoms with Crippen LogP contribution in [0.3, 0.4) is 0 Å². The Balaban J connectivity index is 2.57. The Morgan fingerprint density at radius 2 is 2.12 bits per heavy atom. The summed E-state index contributed by atoms with van der Waals surface area (Å²) in [4.78, 5) is 4.24. The Labute approximate surface area is 102 Å². The minimum absolute atomic E-state index is 0.252. The number of nitrogens with one attached hydrogen (secondary N) is 2. The molecule has 0 bridgehead atoms. The Morgan fingerprint density at radius 1 is 1.38 bits per heavy atom. The molecule has 0 aliphatic rings. The molecule has 0 aromatic carbocycles. The fourth-order valence-electron chi connectivity index (χ4n) is 1.21. The summed E-state index contributed by atoms with van der Waals surface area (Å²) in [7, 11) is 0. The number of nitrogens with zero attached hydrogens (tertiary/aromatic N) is 1. The van der Waals surface area contributed by atoms with Gasteiger partial charge in [-0.05, 0) is 33.1 Å².